The number of sulfonamides is 1. The number of furan rings is 1. The second-order valence-corrected chi connectivity index (χ2v) is 6.68. The first-order chi connectivity index (χ1) is 10.4. The van der Waals surface area contributed by atoms with Crippen molar-refractivity contribution in [1.29, 1.82) is 0 Å². The first-order valence-corrected chi connectivity index (χ1v) is 8.43. The van der Waals surface area contributed by atoms with Crippen molar-refractivity contribution >= 4 is 32.5 Å². The van der Waals surface area contributed by atoms with Crippen molar-refractivity contribution in [3.63, 3.8) is 0 Å². The molecule has 0 amide bonds. The predicted molar refractivity (Wildman–Crippen MR) is 84.6 cm³/mol. The lowest BCUT2D eigenvalue weighted by atomic mass is 10.1. The summed E-state index contributed by atoms with van der Waals surface area (Å²) < 4.78 is 30.4. The molecule has 0 aliphatic rings. The molecule has 112 valence electrons. The van der Waals surface area contributed by atoms with Crippen LogP contribution >= 0.6 is 0 Å². The summed E-state index contributed by atoms with van der Waals surface area (Å²) in [6.45, 7) is 0. The second-order valence-electron chi connectivity index (χ2n) is 4.93. The van der Waals surface area contributed by atoms with Gasteiger partial charge >= 0.3 is 0 Å². The van der Waals surface area contributed by atoms with E-state index in [1.54, 1.807) is 48.5 Å². The number of benzene rings is 2. The molecule has 5 nitrogen and oxygen atoms in total. The molecule has 2 aromatic carbocycles. The molecule has 3 aromatic rings. The molecule has 6 heteroatoms. The summed E-state index contributed by atoms with van der Waals surface area (Å²) in [7, 11) is -3.35. The predicted octanol–water partition coefficient (Wildman–Crippen LogP) is 3.04. The largest absolute Gasteiger partial charge is 0.453 e. The Kier molecular flexibility index (Phi) is 3.46. The number of fused-ring (bicyclic) bond motifs is 1. The van der Waals surface area contributed by atoms with Crippen LogP contribution in [-0.4, -0.2) is 20.5 Å². The van der Waals surface area contributed by atoms with Crippen molar-refractivity contribution in [3.8, 4) is 0 Å². The van der Waals surface area contributed by atoms with E-state index >= 15 is 0 Å². The fraction of sp³-hybridized carbons (Fsp3) is 0.0625. The van der Waals surface area contributed by atoms with Crippen molar-refractivity contribution in [3.05, 3.63) is 65.9 Å². The van der Waals surface area contributed by atoms with E-state index < -0.39 is 10.0 Å². The molecule has 0 bridgehead atoms. The monoisotopic (exact) mass is 315 g/mol. The van der Waals surface area contributed by atoms with Crippen LogP contribution in [0.1, 0.15) is 16.1 Å². The van der Waals surface area contributed by atoms with E-state index in [4.69, 9.17) is 4.42 Å². The molecule has 1 aromatic heterocycles. The highest BCUT2D eigenvalue weighted by molar-refractivity contribution is 7.92. The maximum absolute atomic E-state index is 12.3. The van der Waals surface area contributed by atoms with Crippen molar-refractivity contribution in [1.82, 2.24) is 0 Å². The Hall–Kier alpha value is -2.60. The van der Waals surface area contributed by atoms with Gasteiger partial charge in [-0.2, -0.15) is 0 Å². The Bertz CT molecular complexity index is 943. The zero-order chi connectivity index (χ0) is 15.7. The molecule has 0 radical (unpaired) electrons. The average molecular weight is 315 g/mol. The summed E-state index contributed by atoms with van der Waals surface area (Å²) in [5.41, 5.74) is 1.49. The summed E-state index contributed by atoms with van der Waals surface area (Å²) in [5.74, 6) is 0.00660. The maximum Gasteiger partial charge on any atom is 0.229 e. The molecule has 3 rings (SSSR count). The third-order valence-electron chi connectivity index (χ3n) is 3.08. The van der Waals surface area contributed by atoms with E-state index in [1.807, 2.05) is 6.07 Å². The van der Waals surface area contributed by atoms with Gasteiger partial charge in [0.25, 0.3) is 0 Å². The summed E-state index contributed by atoms with van der Waals surface area (Å²) in [5, 5.41) is 0.660. The molecule has 0 saturated carbocycles. The molecule has 0 aliphatic heterocycles. The van der Waals surface area contributed by atoms with Gasteiger partial charge in [0.05, 0.1) is 6.26 Å². The van der Waals surface area contributed by atoms with Crippen LogP contribution < -0.4 is 4.72 Å². The maximum atomic E-state index is 12.3. The van der Waals surface area contributed by atoms with E-state index in [0.29, 0.717) is 22.2 Å². The van der Waals surface area contributed by atoms with Crippen molar-refractivity contribution in [2.24, 2.45) is 0 Å². The van der Waals surface area contributed by atoms with Crippen LogP contribution in [0, 0.1) is 0 Å². The van der Waals surface area contributed by atoms with Gasteiger partial charge < -0.3 is 4.42 Å². The first kappa shape index (κ1) is 14.3. The van der Waals surface area contributed by atoms with Crippen molar-refractivity contribution < 1.29 is 17.6 Å². The normalized spacial score (nSPS) is 11.5. The minimum absolute atomic E-state index is 0.213. The molecule has 0 saturated heterocycles. The number of ketones is 1. The Labute approximate surface area is 127 Å². The number of hydrogen-bond donors (Lipinski definition) is 1. The quantitative estimate of drug-likeness (QED) is 0.751. The van der Waals surface area contributed by atoms with E-state index in [-0.39, 0.29) is 11.5 Å². The van der Waals surface area contributed by atoms with Gasteiger partial charge in [-0.05, 0) is 24.3 Å². The molecule has 0 spiro atoms. The van der Waals surface area contributed by atoms with Crippen LogP contribution in [0.25, 0.3) is 11.0 Å². The standard InChI is InChI=1S/C16H13NO4S/c1-22(19,20)17-13-7-8-14-12(9-13)10-15(21-14)16(18)11-5-3-2-4-6-11/h2-10,17H,1H3. The van der Waals surface area contributed by atoms with Gasteiger partial charge in [-0.25, -0.2) is 8.42 Å². The zero-order valence-corrected chi connectivity index (χ0v) is 12.6. The molecule has 1 heterocycles. The third kappa shape index (κ3) is 3.01. The van der Waals surface area contributed by atoms with Gasteiger partial charge in [-0.3, -0.25) is 9.52 Å². The number of hydrogen-bond acceptors (Lipinski definition) is 4. The fourth-order valence-corrected chi connectivity index (χ4v) is 2.72. The lowest BCUT2D eigenvalue weighted by Crippen LogP contribution is -2.09. The fourth-order valence-electron chi connectivity index (χ4n) is 2.16. The number of nitrogens with one attached hydrogen (secondary N) is 1. The van der Waals surface area contributed by atoms with Gasteiger partial charge in [-0.1, -0.05) is 30.3 Å². The van der Waals surface area contributed by atoms with Gasteiger partial charge in [0.1, 0.15) is 5.58 Å². The van der Waals surface area contributed by atoms with Crippen LogP contribution in [-0.2, 0) is 10.0 Å². The minimum atomic E-state index is -3.35. The second kappa shape index (κ2) is 5.31. The molecule has 0 fully saturated rings. The Morgan fingerprint density at radius 3 is 2.45 bits per heavy atom. The van der Waals surface area contributed by atoms with Crippen molar-refractivity contribution in [2.75, 3.05) is 11.0 Å². The Morgan fingerprint density at radius 1 is 1.05 bits per heavy atom. The number of anilines is 1. The molecular formula is C16H13NO4S. The minimum Gasteiger partial charge on any atom is -0.453 e. The summed E-state index contributed by atoms with van der Waals surface area (Å²) in [6, 6.07) is 15.3. The number of rotatable bonds is 4. The third-order valence-corrected chi connectivity index (χ3v) is 3.69. The highest BCUT2D eigenvalue weighted by Gasteiger charge is 2.14. The molecule has 22 heavy (non-hydrogen) atoms. The highest BCUT2D eigenvalue weighted by Crippen LogP contribution is 2.25. The number of carbonyl (C=O) groups is 1. The lowest BCUT2D eigenvalue weighted by Gasteiger charge is -2.02. The van der Waals surface area contributed by atoms with Crippen LogP contribution in [0.5, 0.6) is 0 Å². The first-order valence-electron chi connectivity index (χ1n) is 6.53. The van der Waals surface area contributed by atoms with Gasteiger partial charge in [0, 0.05) is 16.6 Å². The van der Waals surface area contributed by atoms with Crippen LogP contribution in [0.2, 0.25) is 0 Å². The van der Waals surface area contributed by atoms with Crippen LogP contribution in [0.4, 0.5) is 5.69 Å². The molecular weight excluding hydrogens is 302 g/mol. The van der Waals surface area contributed by atoms with Gasteiger partial charge in [0.2, 0.25) is 15.8 Å². The molecule has 1 N–H and O–H groups in total. The van der Waals surface area contributed by atoms with Gasteiger partial charge in [-0.15, -0.1) is 0 Å². The van der Waals surface area contributed by atoms with Crippen LogP contribution in [0.15, 0.2) is 59.0 Å². The van der Waals surface area contributed by atoms with E-state index in [2.05, 4.69) is 4.72 Å². The SMILES string of the molecule is CS(=O)(=O)Nc1ccc2oc(C(=O)c3ccccc3)cc2c1. The Morgan fingerprint density at radius 2 is 1.77 bits per heavy atom. The average Bonchev–Trinajstić information content (AvgIpc) is 2.89. The topological polar surface area (TPSA) is 76.4 Å². The summed E-state index contributed by atoms with van der Waals surface area (Å²) in [4.78, 5) is 12.3. The van der Waals surface area contributed by atoms with E-state index in [0.717, 1.165) is 6.26 Å². The number of carbonyl (C=O) groups excluding carboxylic acids is 1. The highest BCUT2D eigenvalue weighted by atomic mass is 32.2. The molecule has 0 aliphatic carbocycles. The Balaban J connectivity index is 1.98. The van der Waals surface area contributed by atoms with E-state index in [9.17, 15) is 13.2 Å². The molecule has 0 unspecified atom stereocenters. The zero-order valence-electron chi connectivity index (χ0n) is 11.7. The smallest absolute Gasteiger partial charge is 0.229 e. The summed E-state index contributed by atoms with van der Waals surface area (Å²) >= 11 is 0. The van der Waals surface area contributed by atoms with Crippen molar-refractivity contribution in [2.45, 2.75) is 0 Å². The lowest BCUT2D eigenvalue weighted by molar-refractivity contribution is 0.101. The van der Waals surface area contributed by atoms with E-state index in [1.165, 1.54) is 0 Å². The van der Waals surface area contributed by atoms with Crippen LogP contribution in [0.3, 0.4) is 0 Å². The van der Waals surface area contributed by atoms with Gasteiger partial charge in [0.15, 0.2) is 5.76 Å². The summed E-state index contributed by atoms with van der Waals surface area (Å²) in [6.07, 6.45) is 1.08. The molecule has 0 atom stereocenters.